The number of aryl methyl sites for hydroxylation is 4. The van der Waals surface area contributed by atoms with Gasteiger partial charge in [0, 0.05) is 42.8 Å². The Morgan fingerprint density at radius 2 is 1.67 bits per heavy atom. The van der Waals surface area contributed by atoms with Crippen LogP contribution in [0, 0.1) is 39.8 Å². The quantitative estimate of drug-likeness (QED) is 0.169. The first-order chi connectivity index (χ1) is 18.5. The maximum absolute atomic E-state index is 6.03. The Labute approximate surface area is 245 Å². The van der Waals surface area contributed by atoms with Crippen molar-refractivity contribution < 1.29 is 24.5 Å². The summed E-state index contributed by atoms with van der Waals surface area (Å²) in [6.07, 6.45) is 1.92. The van der Waals surface area contributed by atoms with Gasteiger partial charge in [0.2, 0.25) is 5.71 Å². The second-order valence-electron chi connectivity index (χ2n) is 9.45. The Morgan fingerprint density at radius 3 is 2.46 bits per heavy atom. The van der Waals surface area contributed by atoms with Crippen molar-refractivity contribution in [3.63, 3.8) is 0 Å². The monoisotopic (exact) mass is 704 g/mol. The predicted molar refractivity (Wildman–Crippen MR) is 156 cm³/mol. The van der Waals surface area contributed by atoms with Crippen LogP contribution in [0.5, 0.6) is 0 Å². The third-order valence-corrected chi connectivity index (χ3v) is 7.45. The fourth-order valence-corrected chi connectivity index (χ4v) is 5.09. The fourth-order valence-electron chi connectivity index (χ4n) is 4.32. The minimum Gasteiger partial charge on any atom is -0.486 e. The van der Waals surface area contributed by atoms with Crippen LogP contribution in [-0.2, 0) is 20.1 Å². The van der Waals surface area contributed by atoms with Crippen LogP contribution in [0.3, 0.4) is 0 Å². The smallest absolute Gasteiger partial charge is 0.216 e. The van der Waals surface area contributed by atoms with E-state index < -0.39 is 0 Å². The van der Waals surface area contributed by atoms with E-state index in [0.29, 0.717) is 5.71 Å². The van der Waals surface area contributed by atoms with Gasteiger partial charge in [-0.05, 0) is 61.3 Å². The van der Waals surface area contributed by atoms with E-state index in [4.69, 9.17) is 9.40 Å². The molecular weight excluding hydrogens is 679 g/mol. The van der Waals surface area contributed by atoms with E-state index in [9.17, 15) is 0 Å². The van der Waals surface area contributed by atoms with Crippen LogP contribution >= 0.6 is 11.3 Å². The molecular formula is C33H25IrN3OS-2. The van der Waals surface area contributed by atoms with Gasteiger partial charge in [0.1, 0.15) is 4.83 Å². The average Bonchev–Trinajstić information content (AvgIpc) is 3.54. The summed E-state index contributed by atoms with van der Waals surface area (Å²) < 4.78 is 6.03. The Hall–Kier alpha value is -3.70. The Bertz CT molecular complexity index is 1920. The minimum absolute atomic E-state index is 0. The van der Waals surface area contributed by atoms with E-state index in [-0.39, 0.29) is 20.1 Å². The van der Waals surface area contributed by atoms with Gasteiger partial charge < -0.3 is 9.40 Å². The number of hydrogen-bond donors (Lipinski definition) is 0. The minimum atomic E-state index is 0. The van der Waals surface area contributed by atoms with Crippen molar-refractivity contribution in [3.05, 3.63) is 113 Å². The molecule has 7 aromatic rings. The van der Waals surface area contributed by atoms with Crippen LogP contribution < -0.4 is 0 Å². The molecule has 39 heavy (non-hydrogen) atoms. The van der Waals surface area contributed by atoms with Crippen molar-refractivity contribution in [1.82, 2.24) is 15.0 Å². The number of aromatic nitrogens is 3. The molecule has 0 aliphatic rings. The molecule has 0 aliphatic carbocycles. The molecule has 0 atom stereocenters. The molecule has 5 aromatic heterocycles. The molecule has 7 rings (SSSR count). The topological polar surface area (TPSA) is 51.8 Å². The molecule has 195 valence electrons. The Balaban J connectivity index is 0.000000169. The SMILES string of the molecule is Cc1c[c-]c(-c2cc(C)c(C)cn2)cc1.Cc1ccc2c(n1)oc1c(-c3ccc4ccsc4n3)[c-]ccc12.[Ir]. The second-order valence-corrected chi connectivity index (χ2v) is 10.3. The molecule has 1 radical (unpaired) electrons. The molecule has 5 heterocycles. The number of thiophene rings is 1. The van der Waals surface area contributed by atoms with Crippen molar-refractivity contribution in [2.24, 2.45) is 0 Å². The van der Waals surface area contributed by atoms with Crippen LogP contribution in [0.25, 0.3) is 54.8 Å². The van der Waals surface area contributed by atoms with E-state index in [2.05, 4.69) is 84.7 Å². The van der Waals surface area contributed by atoms with Crippen LogP contribution in [0.2, 0.25) is 0 Å². The summed E-state index contributed by atoms with van der Waals surface area (Å²) in [5, 5.41) is 5.29. The van der Waals surface area contributed by atoms with Crippen molar-refractivity contribution in [1.29, 1.82) is 0 Å². The first-order valence-corrected chi connectivity index (χ1v) is 13.3. The zero-order valence-electron chi connectivity index (χ0n) is 22.0. The number of benzene rings is 2. The number of furan rings is 1. The summed E-state index contributed by atoms with van der Waals surface area (Å²) in [7, 11) is 0. The summed E-state index contributed by atoms with van der Waals surface area (Å²) >= 11 is 1.64. The molecule has 6 heteroatoms. The molecule has 0 bridgehead atoms. The number of hydrogen-bond acceptors (Lipinski definition) is 5. The molecule has 0 saturated heterocycles. The van der Waals surface area contributed by atoms with E-state index in [0.717, 1.165) is 54.8 Å². The van der Waals surface area contributed by atoms with Gasteiger partial charge in [-0.25, -0.2) is 4.98 Å². The summed E-state index contributed by atoms with van der Waals surface area (Å²) in [5.74, 6) is 0. The standard InChI is InChI=1S/C19H11N2OS.C14H14N.Ir/c1-11-5-7-14-13-3-2-4-15(17(13)22-18(14)20-11)16-8-6-12-9-10-23-19(12)21-16;1-10-4-6-13(7-5-10)14-8-11(2)12(3)9-15-14;/h2-3,5-10H,1H3;4-6,8-9H,1-3H3;/q2*-1;. The normalized spacial score (nSPS) is 10.9. The number of pyridine rings is 3. The van der Waals surface area contributed by atoms with Crippen LogP contribution in [0.15, 0.2) is 82.7 Å². The molecule has 0 N–H and O–H groups in total. The van der Waals surface area contributed by atoms with E-state index >= 15 is 0 Å². The molecule has 0 saturated carbocycles. The van der Waals surface area contributed by atoms with Gasteiger partial charge in [-0.1, -0.05) is 41.6 Å². The number of nitrogens with zero attached hydrogens (tertiary/aromatic N) is 3. The van der Waals surface area contributed by atoms with Gasteiger partial charge >= 0.3 is 0 Å². The van der Waals surface area contributed by atoms with Crippen molar-refractivity contribution >= 4 is 43.6 Å². The molecule has 0 unspecified atom stereocenters. The summed E-state index contributed by atoms with van der Waals surface area (Å²) in [5.41, 5.74) is 9.95. The average molecular weight is 704 g/mol. The molecule has 4 nitrogen and oxygen atoms in total. The zero-order chi connectivity index (χ0) is 26.2. The van der Waals surface area contributed by atoms with E-state index in [1.807, 2.05) is 43.5 Å². The fraction of sp³-hybridized carbons (Fsp3) is 0.121. The third kappa shape index (κ3) is 5.41. The maximum Gasteiger partial charge on any atom is 0.216 e. The number of fused-ring (bicyclic) bond motifs is 4. The first-order valence-electron chi connectivity index (χ1n) is 12.4. The zero-order valence-corrected chi connectivity index (χ0v) is 25.2. The van der Waals surface area contributed by atoms with E-state index in [1.54, 1.807) is 11.3 Å². The summed E-state index contributed by atoms with van der Waals surface area (Å²) in [6.45, 7) is 8.21. The molecule has 2 aromatic carbocycles. The van der Waals surface area contributed by atoms with Gasteiger partial charge in [0.05, 0.1) is 5.58 Å². The molecule has 0 aliphatic heterocycles. The second kappa shape index (κ2) is 11.2. The Kier molecular flexibility index (Phi) is 7.71. The van der Waals surface area contributed by atoms with Gasteiger partial charge in [0.15, 0.2) is 0 Å². The van der Waals surface area contributed by atoms with Gasteiger partial charge in [-0.3, -0.25) is 4.98 Å². The summed E-state index contributed by atoms with van der Waals surface area (Å²) in [6, 6.07) is 29.0. The summed E-state index contributed by atoms with van der Waals surface area (Å²) in [4.78, 5) is 14.7. The van der Waals surface area contributed by atoms with Gasteiger partial charge in [0.25, 0.3) is 0 Å². The number of rotatable bonds is 2. The van der Waals surface area contributed by atoms with Gasteiger partial charge in [-0.15, -0.1) is 64.9 Å². The largest absolute Gasteiger partial charge is 0.486 e. The third-order valence-electron chi connectivity index (χ3n) is 6.63. The van der Waals surface area contributed by atoms with E-state index in [1.165, 1.54) is 16.7 Å². The van der Waals surface area contributed by atoms with Crippen LogP contribution in [0.1, 0.15) is 22.4 Å². The maximum atomic E-state index is 6.03. The first kappa shape index (κ1) is 26.9. The molecule has 0 spiro atoms. The molecule has 0 amide bonds. The van der Waals surface area contributed by atoms with Crippen LogP contribution in [-0.4, -0.2) is 15.0 Å². The predicted octanol–water partition coefficient (Wildman–Crippen LogP) is 8.84. The van der Waals surface area contributed by atoms with Crippen LogP contribution in [0.4, 0.5) is 0 Å². The van der Waals surface area contributed by atoms with Crippen molar-refractivity contribution in [2.75, 3.05) is 0 Å². The van der Waals surface area contributed by atoms with Gasteiger partial charge in [-0.2, -0.15) is 0 Å². The Morgan fingerprint density at radius 1 is 0.795 bits per heavy atom. The van der Waals surface area contributed by atoms with Crippen molar-refractivity contribution in [3.8, 4) is 22.5 Å². The van der Waals surface area contributed by atoms with Crippen molar-refractivity contribution in [2.45, 2.75) is 27.7 Å². The molecule has 0 fully saturated rings.